The van der Waals surface area contributed by atoms with Gasteiger partial charge in [0, 0.05) is 6.42 Å². The number of phenols is 1. The molecule has 1 fully saturated rings. The summed E-state index contributed by atoms with van der Waals surface area (Å²) in [4.78, 5) is 36.0. The fraction of sp³-hybridized carbons (Fsp3) is 0.471. The number of carboxylic acids is 1. The second kappa shape index (κ2) is 8.24. The van der Waals surface area contributed by atoms with Gasteiger partial charge >= 0.3 is 5.97 Å². The van der Waals surface area contributed by atoms with E-state index in [1.54, 1.807) is 12.1 Å². The Hall–Kier alpha value is -2.22. The van der Waals surface area contributed by atoms with Crippen molar-refractivity contribution >= 4 is 30.4 Å². The Balaban J connectivity index is 2.11. The van der Waals surface area contributed by atoms with Gasteiger partial charge in [0.05, 0.1) is 5.75 Å². The Labute approximate surface area is 151 Å². The Bertz CT molecular complexity index is 641. The molecule has 136 valence electrons. The molecule has 0 bridgehead atoms. The van der Waals surface area contributed by atoms with E-state index < -0.39 is 23.5 Å². The van der Waals surface area contributed by atoms with E-state index in [1.165, 1.54) is 12.1 Å². The molecule has 1 saturated carbocycles. The van der Waals surface area contributed by atoms with E-state index in [4.69, 9.17) is 0 Å². The number of thiol groups is 1. The Kier molecular flexibility index (Phi) is 6.30. The van der Waals surface area contributed by atoms with Gasteiger partial charge in [0.25, 0.3) is 0 Å². The van der Waals surface area contributed by atoms with Crippen molar-refractivity contribution in [1.82, 2.24) is 10.6 Å². The van der Waals surface area contributed by atoms with Crippen molar-refractivity contribution in [2.24, 2.45) is 0 Å². The molecule has 0 heterocycles. The van der Waals surface area contributed by atoms with E-state index in [-0.39, 0.29) is 23.8 Å². The van der Waals surface area contributed by atoms with Gasteiger partial charge in [-0.25, -0.2) is 4.79 Å². The molecule has 8 heteroatoms. The van der Waals surface area contributed by atoms with Crippen LogP contribution in [0, 0.1) is 0 Å². The van der Waals surface area contributed by atoms with Gasteiger partial charge in [-0.3, -0.25) is 9.59 Å². The summed E-state index contributed by atoms with van der Waals surface area (Å²) < 4.78 is 0. The third kappa shape index (κ3) is 4.88. The van der Waals surface area contributed by atoms with Gasteiger partial charge < -0.3 is 20.8 Å². The van der Waals surface area contributed by atoms with Crippen molar-refractivity contribution in [1.29, 1.82) is 0 Å². The lowest BCUT2D eigenvalue weighted by Gasteiger charge is -2.30. The molecule has 1 aromatic carbocycles. The van der Waals surface area contributed by atoms with Gasteiger partial charge in [0.15, 0.2) is 0 Å². The lowest BCUT2D eigenvalue weighted by Crippen LogP contribution is -2.60. The maximum absolute atomic E-state index is 12.7. The van der Waals surface area contributed by atoms with Crippen molar-refractivity contribution in [2.75, 3.05) is 5.75 Å². The number of benzene rings is 1. The van der Waals surface area contributed by atoms with Crippen molar-refractivity contribution in [3.63, 3.8) is 0 Å². The molecule has 2 amide bonds. The molecule has 1 aliphatic rings. The first-order valence-corrected chi connectivity index (χ1v) is 8.73. The van der Waals surface area contributed by atoms with Crippen molar-refractivity contribution in [3.05, 3.63) is 29.8 Å². The van der Waals surface area contributed by atoms with Gasteiger partial charge in [-0.2, -0.15) is 12.6 Å². The molecule has 0 spiro atoms. The topological polar surface area (TPSA) is 116 Å². The zero-order valence-corrected chi connectivity index (χ0v) is 14.6. The minimum Gasteiger partial charge on any atom is -0.508 e. The Morgan fingerprint density at radius 1 is 1.16 bits per heavy atom. The number of hydrogen-bond acceptors (Lipinski definition) is 5. The van der Waals surface area contributed by atoms with Crippen LogP contribution in [0.1, 0.15) is 31.2 Å². The van der Waals surface area contributed by atoms with Crippen LogP contribution in [0.25, 0.3) is 0 Å². The third-order valence-electron chi connectivity index (χ3n) is 4.39. The van der Waals surface area contributed by atoms with Crippen molar-refractivity contribution in [3.8, 4) is 5.75 Å². The Morgan fingerprint density at radius 2 is 1.76 bits per heavy atom. The highest BCUT2D eigenvalue weighted by Crippen LogP contribution is 2.30. The predicted octanol–water partition coefficient (Wildman–Crippen LogP) is 0.863. The van der Waals surface area contributed by atoms with Crippen LogP contribution >= 0.6 is 12.6 Å². The van der Waals surface area contributed by atoms with E-state index in [9.17, 15) is 24.6 Å². The molecule has 0 saturated heterocycles. The molecule has 0 radical (unpaired) electrons. The summed E-state index contributed by atoms with van der Waals surface area (Å²) in [5.41, 5.74) is -0.395. The van der Waals surface area contributed by atoms with Crippen LogP contribution in [0.3, 0.4) is 0 Å². The summed E-state index contributed by atoms with van der Waals surface area (Å²) in [6.45, 7) is 0. The van der Waals surface area contributed by atoms with Crippen LogP contribution < -0.4 is 10.6 Å². The van der Waals surface area contributed by atoms with E-state index in [0.717, 1.165) is 12.8 Å². The lowest BCUT2D eigenvalue weighted by atomic mass is 9.95. The maximum atomic E-state index is 12.7. The van der Waals surface area contributed by atoms with E-state index >= 15 is 0 Å². The van der Waals surface area contributed by atoms with Gasteiger partial charge in [0.1, 0.15) is 17.3 Å². The molecule has 0 aliphatic heterocycles. The molecule has 1 aliphatic carbocycles. The summed E-state index contributed by atoms with van der Waals surface area (Å²) in [5, 5.41) is 24.0. The highest BCUT2D eigenvalue weighted by molar-refractivity contribution is 7.81. The first-order chi connectivity index (χ1) is 11.9. The van der Waals surface area contributed by atoms with Crippen molar-refractivity contribution < 1.29 is 24.6 Å². The number of nitrogens with one attached hydrogen (secondary N) is 2. The number of phenolic OH excluding ortho intramolecular Hbond substituents is 1. The summed E-state index contributed by atoms with van der Waals surface area (Å²) >= 11 is 3.91. The van der Waals surface area contributed by atoms with Crippen molar-refractivity contribution in [2.45, 2.75) is 43.7 Å². The molecular formula is C17H22N2O5S. The van der Waals surface area contributed by atoms with Gasteiger partial charge in [-0.15, -0.1) is 0 Å². The molecule has 7 nitrogen and oxygen atoms in total. The summed E-state index contributed by atoms with van der Waals surface area (Å²) in [6.07, 6.45) is 2.61. The summed E-state index contributed by atoms with van der Waals surface area (Å²) in [6, 6.07) is 5.00. The average molecular weight is 366 g/mol. The number of rotatable bonds is 7. The van der Waals surface area contributed by atoms with Crippen LogP contribution in [0.4, 0.5) is 0 Å². The number of aliphatic carboxylic acids is 1. The number of carbonyl (C=O) groups excluding carboxylic acids is 2. The van der Waals surface area contributed by atoms with Crippen LogP contribution in [0.2, 0.25) is 0 Å². The molecule has 0 aromatic heterocycles. The maximum Gasteiger partial charge on any atom is 0.326 e. The molecule has 0 unspecified atom stereocenters. The monoisotopic (exact) mass is 366 g/mol. The standard InChI is InChI=1S/C17H22N2O5S/c20-12-5-3-11(4-6-12)9-13(15(22)23)18-16(24)17(7-1-2-8-17)19-14(21)10-25/h3-6,13,20,25H,1-2,7-10H2,(H,18,24)(H,19,21)(H,22,23)/t13-/m0/s1. The van der Waals surface area contributed by atoms with E-state index in [2.05, 4.69) is 23.3 Å². The first-order valence-electron chi connectivity index (χ1n) is 8.10. The van der Waals surface area contributed by atoms with Crippen LogP contribution in [0.15, 0.2) is 24.3 Å². The molecule has 1 atom stereocenters. The first kappa shape index (κ1) is 19.1. The Morgan fingerprint density at radius 3 is 2.28 bits per heavy atom. The summed E-state index contributed by atoms with van der Waals surface area (Å²) in [7, 11) is 0. The van der Waals surface area contributed by atoms with Crippen LogP contribution in [-0.4, -0.2) is 45.3 Å². The molecule has 4 N–H and O–H groups in total. The molecular weight excluding hydrogens is 344 g/mol. The second-order valence-electron chi connectivity index (χ2n) is 6.23. The molecule has 2 rings (SSSR count). The number of aromatic hydroxyl groups is 1. The minimum atomic E-state index is -1.16. The van der Waals surface area contributed by atoms with Gasteiger partial charge in [-0.1, -0.05) is 25.0 Å². The highest BCUT2D eigenvalue weighted by Gasteiger charge is 2.43. The molecule has 1 aromatic rings. The number of carbonyl (C=O) groups is 3. The minimum absolute atomic E-state index is 0.0368. The largest absolute Gasteiger partial charge is 0.508 e. The lowest BCUT2D eigenvalue weighted by molar-refractivity contribution is -0.143. The fourth-order valence-electron chi connectivity index (χ4n) is 3.06. The number of carboxylic acid groups (broad SMARTS) is 1. The average Bonchev–Trinajstić information content (AvgIpc) is 3.05. The highest BCUT2D eigenvalue weighted by atomic mass is 32.1. The normalized spacial score (nSPS) is 16.8. The SMILES string of the molecule is O=C(CS)NC1(C(=O)N[C@@H](Cc2ccc(O)cc2)C(=O)O)CCCC1. The number of amides is 2. The molecule has 25 heavy (non-hydrogen) atoms. The smallest absolute Gasteiger partial charge is 0.326 e. The predicted molar refractivity (Wildman–Crippen MR) is 94.6 cm³/mol. The fourth-order valence-corrected chi connectivity index (χ4v) is 3.14. The summed E-state index contributed by atoms with van der Waals surface area (Å²) in [5.74, 6) is -1.95. The van der Waals surface area contributed by atoms with Gasteiger partial charge in [0.2, 0.25) is 11.8 Å². The van der Waals surface area contributed by atoms with E-state index in [0.29, 0.717) is 18.4 Å². The van der Waals surface area contributed by atoms with Crippen LogP contribution in [0.5, 0.6) is 5.75 Å². The third-order valence-corrected chi connectivity index (χ3v) is 4.68. The second-order valence-corrected chi connectivity index (χ2v) is 6.55. The van der Waals surface area contributed by atoms with Gasteiger partial charge in [-0.05, 0) is 30.5 Å². The zero-order chi connectivity index (χ0) is 18.4. The van der Waals surface area contributed by atoms with Crippen LogP contribution in [-0.2, 0) is 20.8 Å². The number of hydrogen-bond donors (Lipinski definition) is 5. The van der Waals surface area contributed by atoms with E-state index in [1.807, 2.05) is 0 Å². The zero-order valence-electron chi connectivity index (χ0n) is 13.7. The quantitative estimate of drug-likeness (QED) is 0.459.